The lowest BCUT2D eigenvalue weighted by molar-refractivity contribution is -0.121. The fourth-order valence-electron chi connectivity index (χ4n) is 3.28. The molecule has 0 aliphatic carbocycles. The number of nitrogens with one attached hydrogen (secondary N) is 2. The van der Waals surface area contributed by atoms with E-state index in [0.717, 1.165) is 23.4 Å². The van der Waals surface area contributed by atoms with Crippen LogP contribution in [-0.2, 0) is 11.2 Å². The lowest BCUT2D eigenvalue weighted by Crippen LogP contribution is -2.26. The molecule has 0 spiro atoms. The zero-order valence-electron chi connectivity index (χ0n) is 17.1. The molecule has 0 radical (unpaired) electrons. The molecule has 0 saturated carbocycles. The Labute approximate surface area is 186 Å². The SMILES string of the molecule is O=C(C[C@H](Sc1n[nH]c(-c2ccccc2)n1)c1ccccc1)NCCc1ccccc1. The van der Waals surface area contributed by atoms with E-state index in [4.69, 9.17) is 0 Å². The van der Waals surface area contributed by atoms with Gasteiger partial charge in [-0.05, 0) is 17.5 Å². The van der Waals surface area contributed by atoms with Crippen molar-refractivity contribution in [2.45, 2.75) is 23.2 Å². The van der Waals surface area contributed by atoms with Crippen molar-refractivity contribution < 1.29 is 4.79 Å². The van der Waals surface area contributed by atoms with E-state index in [0.29, 0.717) is 18.1 Å². The Morgan fingerprint density at radius 3 is 2.26 bits per heavy atom. The smallest absolute Gasteiger partial charge is 0.221 e. The number of aromatic nitrogens is 3. The van der Waals surface area contributed by atoms with Crippen LogP contribution in [0.5, 0.6) is 0 Å². The first-order chi connectivity index (χ1) is 15.3. The highest BCUT2D eigenvalue weighted by Crippen LogP contribution is 2.36. The van der Waals surface area contributed by atoms with E-state index >= 15 is 0 Å². The minimum atomic E-state index is -0.0719. The number of hydrogen-bond donors (Lipinski definition) is 2. The van der Waals surface area contributed by atoms with Gasteiger partial charge in [0.1, 0.15) is 0 Å². The van der Waals surface area contributed by atoms with E-state index in [1.807, 2.05) is 78.9 Å². The van der Waals surface area contributed by atoms with Gasteiger partial charge in [0.15, 0.2) is 5.82 Å². The first-order valence-electron chi connectivity index (χ1n) is 10.3. The average molecular weight is 429 g/mol. The van der Waals surface area contributed by atoms with Crippen LogP contribution in [0, 0.1) is 0 Å². The van der Waals surface area contributed by atoms with Gasteiger partial charge >= 0.3 is 0 Å². The summed E-state index contributed by atoms with van der Waals surface area (Å²) in [5.41, 5.74) is 3.28. The van der Waals surface area contributed by atoms with Gasteiger partial charge in [-0.2, -0.15) is 0 Å². The Balaban J connectivity index is 1.40. The summed E-state index contributed by atoms with van der Waals surface area (Å²) in [6.07, 6.45) is 1.18. The lowest BCUT2D eigenvalue weighted by Gasteiger charge is -2.15. The van der Waals surface area contributed by atoms with Crippen LogP contribution in [0.15, 0.2) is 96.2 Å². The quantitative estimate of drug-likeness (QED) is 0.366. The number of hydrogen-bond acceptors (Lipinski definition) is 4. The third-order valence-corrected chi connectivity index (χ3v) is 6.00. The molecule has 2 N–H and O–H groups in total. The van der Waals surface area contributed by atoms with Crippen LogP contribution in [0.2, 0.25) is 0 Å². The van der Waals surface area contributed by atoms with Gasteiger partial charge in [-0.25, -0.2) is 4.98 Å². The van der Waals surface area contributed by atoms with Gasteiger partial charge in [0.25, 0.3) is 0 Å². The highest BCUT2D eigenvalue weighted by Gasteiger charge is 2.20. The topological polar surface area (TPSA) is 70.7 Å². The Morgan fingerprint density at radius 1 is 0.903 bits per heavy atom. The van der Waals surface area contributed by atoms with E-state index < -0.39 is 0 Å². The number of rotatable bonds is 9. The highest BCUT2D eigenvalue weighted by molar-refractivity contribution is 7.99. The van der Waals surface area contributed by atoms with Crippen LogP contribution in [0.3, 0.4) is 0 Å². The van der Waals surface area contributed by atoms with Crippen molar-refractivity contribution in [1.82, 2.24) is 20.5 Å². The van der Waals surface area contributed by atoms with Crippen LogP contribution in [0.4, 0.5) is 0 Å². The lowest BCUT2D eigenvalue weighted by atomic mass is 10.1. The second-order valence-electron chi connectivity index (χ2n) is 7.14. The molecule has 0 bridgehead atoms. The third-order valence-electron chi connectivity index (χ3n) is 4.88. The second kappa shape index (κ2) is 10.6. The van der Waals surface area contributed by atoms with Crippen LogP contribution >= 0.6 is 11.8 Å². The molecule has 1 amide bonds. The standard InChI is InChI=1S/C25H24N4OS/c30-23(26-17-16-19-10-4-1-5-11-19)18-22(20-12-6-2-7-13-20)31-25-27-24(28-29-25)21-14-8-3-9-15-21/h1-15,22H,16-18H2,(H,26,30)(H,27,28,29)/t22-/m0/s1. The predicted molar refractivity (Wildman–Crippen MR) is 125 cm³/mol. The molecule has 1 heterocycles. The minimum absolute atomic E-state index is 0.0242. The fraction of sp³-hybridized carbons (Fsp3) is 0.160. The normalized spacial score (nSPS) is 11.7. The monoisotopic (exact) mass is 428 g/mol. The molecule has 0 unspecified atom stereocenters. The van der Waals surface area contributed by atoms with Crippen molar-refractivity contribution >= 4 is 17.7 Å². The molecule has 4 aromatic rings. The number of carbonyl (C=O) groups excluding carboxylic acids is 1. The molecular weight excluding hydrogens is 404 g/mol. The predicted octanol–water partition coefficient (Wildman–Crippen LogP) is 5.05. The molecule has 0 saturated heterocycles. The van der Waals surface area contributed by atoms with E-state index in [1.54, 1.807) is 0 Å². The number of nitrogens with zero attached hydrogens (tertiary/aromatic N) is 2. The summed E-state index contributed by atoms with van der Waals surface area (Å²) in [6.45, 7) is 0.619. The van der Waals surface area contributed by atoms with Crippen molar-refractivity contribution in [3.63, 3.8) is 0 Å². The molecule has 4 rings (SSSR count). The fourth-order valence-corrected chi connectivity index (χ4v) is 4.30. The maximum absolute atomic E-state index is 12.7. The number of aromatic amines is 1. The van der Waals surface area contributed by atoms with Crippen LogP contribution in [-0.4, -0.2) is 27.6 Å². The van der Waals surface area contributed by atoms with Crippen molar-refractivity contribution in [2.75, 3.05) is 6.54 Å². The Hall–Kier alpha value is -3.38. The Kier molecular flexibility index (Phi) is 7.13. The van der Waals surface area contributed by atoms with Crippen molar-refractivity contribution in [3.05, 3.63) is 102 Å². The number of amides is 1. The maximum Gasteiger partial charge on any atom is 0.221 e. The molecule has 0 aliphatic heterocycles. The van der Waals surface area contributed by atoms with E-state index in [9.17, 15) is 4.79 Å². The Bertz CT molecular complexity index is 1080. The first-order valence-corrected chi connectivity index (χ1v) is 11.2. The molecule has 1 aromatic heterocycles. The summed E-state index contributed by atoms with van der Waals surface area (Å²) in [5.74, 6) is 0.748. The molecule has 156 valence electrons. The van der Waals surface area contributed by atoms with Crippen molar-refractivity contribution in [2.24, 2.45) is 0 Å². The van der Waals surface area contributed by atoms with Crippen molar-refractivity contribution in [3.8, 4) is 11.4 Å². The Morgan fingerprint density at radius 2 is 1.55 bits per heavy atom. The van der Waals surface area contributed by atoms with E-state index in [-0.39, 0.29) is 11.2 Å². The second-order valence-corrected chi connectivity index (χ2v) is 8.31. The van der Waals surface area contributed by atoms with Gasteiger partial charge < -0.3 is 5.32 Å². The molecule has 6 heteroatoms. The molecule has 0 aliphatic rings. The maximum atomic E-state index is 12.7. The largest absolute Gasteiger partial charge is 0.356 e. The molecular formula is C25H24N4OS. The summed E-state index contributed by atoms with van der Waals surface area (Å²) in [5, 5.41) is 11.0. The van der Waals surface area contributed by atoms with Gasteiger partial charge in [0.05, 0.1) is 0 Å². The third kappa shape index (κ3) is 6.06. The van der Waals surface area contributed by atoms with Crippen molar-refractivity contribution in [1.29, 1.82) is 0 Å². The van der Waals surface area contributed by atoms with Crippen LogP contribution in [0.1, 0.15) is 22.8 Å². The number of benzene rings is 3. The zero-order valence-corrected chi connectivity index (χ0v) is 17.9. The first kappa shape index (κ1) is 20.9. The highest BCUT2D eigenvalue weighted by atomic mass is 32.2. The summed E-state index contributed by atoms with van der Waals surface area (Å²) >= 11 is 1.50. The number of thioether (sulfide) groups is 1. The molecule has 5 nitrogen and oxygen atoms in total. The van der Waals surface area contributed by atoms with Gasteiger partial charge in [-0.1, -0.05) is 103 Å². The zero-order chi connectivity index (χ0) is 21.3. The van der Waals surface area contributed by atoms with Gasteiger partial charge in [0, 0.05) is 23.8 Å². The molecule has 31 heavy (non-hydrogen) atoms. The molecule has 3 aromatic carbocycles. The van der Waals surface area contributed by atoms with E-state index in [1.165, 1.54) is 17.3 Å². The summed E-state index contributed by atoms with van der Waals surface area (Å²) in [6, 6.07) is 30.1. The van der Waals surface area contributed by atoms with Gasteiger partial charge in [0.2, 0.25) is 11.1 Å². The average Bonchev–Trinajstić information content (AvgIpc) is 3.29. The van der Waals surface area contributed by atoms with E-state index in [2.05, 4.69) is 32.6 Å². The number of carbonyl (C=O) groups is 1. The summed E-state index contributed by atoms with van der Waals surface area (Å²) in [7, 11) is 0. The number of H-pyrrole nitrogens is 1. The van der Waals surface area contributed by atoms with Gasteiger partial charge in [-0.3, -0.25) is 9.89 Å². The minimum Gasteiger partial charge on any atom is -0.356 e. The summed E-state index contributed by atoms with van der Waals surface area (Å²) in [4.78, 5) is 17.3. The van der Waals surface area contributed by atoms with Crippen LogP contribution in [0.25, 0.3) is 11.4 Å². The molecule has 1 atom stereocenters. The summed E-state index contributed by atoms with van der Waals surface area (Å²) < 4.78 is 0. The van der Waals surface area contributed by atoms with Gasteiger partial charge in [-0.15, -0.1) is 5.10 Å². The molecule has 0 fully saturated rings. The van der Waals surface area contributed by atoms with Crippen LogP contribution < -0.4 is 5.32 Å².